The summed E-state index contributed by atoms with van der Waals surface area (Å²) in [6.07, 6.45) is 2.07. The van der Waals surface area contributed by atoms with Crippen molar-refractivity contribution in [3.05, 3.63) is 35.4 Å². The second-order valence-electron chi connectivity index (χ2n) is 4.78. The van der Waals surface area contributed by atoms with Gasteiger partial charge in [-0.05, 0) is 49.9 Å². The molecule has 1 aliphatic rings. The van der Waals surface area contributed by atoms with Gasteiger partial charge < -0.3 is 10.4 Å². The Bertz CT molecular complexity index is 397. The van der Waals surface area contributed by atoms with Crippen molar-refractivity contribution in [3.8, 4) is 0 Å². The average Bonchev–Trinajstić information content (AvgIpc) is 2.33. The lowest BCUT2D eigenvalue weighted by molar-refractivity contribution is -0.140. The molecule has 1 aliphatic heterocycles. The van der Waals surface area contributed by atoms with Crippen molar-refractivity contribution < 1.29 is 9.90 Å². The van der Waals surface area contributed by atoms with Crippen molar-refractivity contribution in [3.63, 3.8) is 0 Å². The first kappa shape index (κ1) is 12.1. The van der Waals surface area contributed by atoms with Crippen LogP contribution >= 0.6 is 0 Å². The van der Waals surface area contributed by atoms with E-state index in [0.29, 0.717) is 0 Å². The Hall–Kier alpha value is -1.35. The summed E-state index contributed by atoms with van der Waals surface area (Å²) in [7, 11) is 0. The van der Waals surface area contributed by atoms with E-state index in [2.05, 4.69) is 5.32 Å². The zero-order valence-electron chi connectivity index (χ0n) is 10.1. The molecule has 0 bridgehead atoms. The van der Waals surface area contributed by atoms with Crippen LogP contribution in [-0.2, 0) is 4.79 Å². The number of carboxylic acid groups (broad SMARTS) is 1. The van der Waals surface area contributed by atoms with E-state index < -0.39 is 5.97 Å². The van der Waals surface area contributed by atoms with E-state index in [1.54, 1.807) is 0 Å². The maximum absolute atomic E-state index is 11.5. The van der Waals surface area contributed by atoms with Gasteiger partial charge in [0.2, 0.25) is 0 Å². The Balaban J connectivity index is 2.28. The first-order valence-corrected chi connectivity index (χ1v) is 6.19. The SMILES string of the molecule is Cc1ccccc1C(C(=O)O)C1CCCNC1. The summed E-state index contributed by atoms with van der Waals surface area (Å²) in [6, 6.07) is 7.82. The molecule has 2 unspecified atom stereocenters. The molecular formula is C14H19NO2. The van der Waals surface area contributed by atoms with Gasteiger partial charge in [-0.2, -0.15) is 0 Å². The van der Waals surface area contributed by atoms with Gasteiger partial charge in [-0.3, -0.25) is 4.79 Å². The van der Waals surface area contributed by atoms with Crippen molar-refractivity contribution in [1.29, 1.82) is 0 Å². The van der Waals surface area contributed by atoms with Gasteiger partial charge in [-0.15, -0.1) is 0 Å². The van der Waals surface area contributed by atoms with Crippen LogP contribution in [0.4, 0.5) is 0 Å². The standard InChI is InChI=1S/C14H19NO2/c1-10-5-2-3-7-12(10)13(14(16)17)11-6-4-8-15-9-11/h2-3,5,7,11,13,15H,4,6,8-9H2,1H3,(H,16,17). The molecule has 92 valence electrons. The minimum atomic E-state index is -0.701. The van der Waals surface area contributed by atoms with Gasteiger partial charge in [-0.25, -0.2) is 0 Å². The number of carboxylic acids is 1. The monoisotopic (exact) mass is 233 g/mol. The fraction of sp³-hybridized carbons (Fsp3) is 0.500. The lowest BCUT2D eigenvalue weighted by Crippen LogP contribution is -2.36. The highest BCUT2D eigenvalue weighted by molar-refractivity contribution is 5.77. The molecule has 3 heteroatoms. The quantitative estimate of drug-likeness (QED) is 0.841. The van der Waals surface area contributed by atoms with Gasteiger partial charge >= 0.3 is 5.97 Å². The number of aryl methyl sites for hydroxylation is 1. The highest BCUT2D eigenvalue weighted by Crippen LogP contribution is 2.31. The third kappa shape index (κ3) is 2.67. The molecular weight excluding hydrogens is 214 g/mol. The fourth-order valence-electron chi connectivity index (χ4n) is 2.69. The highest BCUT2D eigenvalue weighted by atomic mass is 16.4. The number of aliphatic carboxylic acids is 1. The van der Waals surface area contributed by atoms with Gasteiger partial charge in [-0.1, -0.05) is 24.3 Å². The van der Waals surface area contributed by atoms with E-state index in [0.717, 1.165) is 37.1 Å². The molecule has 1 aromatic carbocycles. The molecule has 0 radical (unpaired) electrons. The molecule has 0 saturated carbocycles. The predicted molar refractivity (Wildman–Crippen MR) is 67.1 cm³/mol. The zero-order valence-corrected chi connectivity index (χ0v) is 10.1. The number of carbonyl (C=O) groups is 1. The summed E-state index contributed by atoms with van der Waals surface area (Å²) in [6.45, 7) is 3.81. The molecule has 2 rings (SSSR count). The van der Waals surface area contributed by atoms with E-state index in [1.807, 2.05) is 31.2 Å². The Kier molecular flexibility index (Phi) is 3.79. The molecule has 1 heterocycles. The molecule has 2 atom stereocenters. The van der Waals surface area contributed by atoms with E-state index in [-0.39, 0.29) is 11.8 Å². The van der Waals surface area contributed by atoms with Gasteiger partial charge in [0.25, 0.3) is 0 Å². The molecule has 1 fully saturated rings. The Morgan fingerprint density at radius 2 is 2.24 bits per heavy atom. The molecule has 3 nitrogen and oxygen atoms in total. The molecule has 0 amide bonds. The van der Waals surface area contributed by atoms with E-state index in [4.69, 9.17) is 0 Å². The number of hydrogen-bond acceptors (Lipinski definition) is 2. The van der Waals surface area contributed by atoms with E-state index in [1.165, 1.54) is 0 Å². The summed E-state index contributed by atoms with van der Waals surface area (Å²) in [5, 5.41) is 12.8. The van der Waals surface area contributed by atoms with Crippen molar-refractivity contribution in [1.82, 2.24) is 5.32 Å². The number of piperidine rings is 1. The van der Waals surface area contributed by atoms with E-state index in [9.17, 15) is 9.90 Å². The predicted octanol–water partition coefficient (Wildman–Crippen LogP) is 2.16. The Labute approximate surface area is 102 Å². The van der Waals surface area contributed by atoms with Crippen LogP contribution < -0.4 is 5.32 Å². The van der Waals surface area contributed by atoms with Crippen molar-refractivity contribution in [2.24, 2.45) is 5.92 Å². The molecule has 1 saturated heterocycles. The molecule has 2 N–H and O–H groups in total. The van der Waals surface area contributed by atoms with Gasteiger partial charge in [0.15, 0.2) is 0 Å². The normalized spacial score (nSPS) is 22.1. The van der Waals surface area contributed by atoms with Crippen LogP contribution in [0.3, 0.4) is 0 Å². The third-order valence-electron chi connectivity index (χ3n) is 3.60. The third-order valence-corrected chi connectivity index (χ3v) is 3.60. The minimum absolute atomic E-state index is 0.211. The Morgan fingerprint density at radius 3 is 2.82 bits per heavy atom. The van der Waals surface area contributed by atoms with Crippen LogP contribution in [0.25, 0.3) is 0 Å². The van der Waals surface area contributed by atoms with Crippen molar-refractivity contribution >= 4 is 5.97 Å². The number of rotatable bonds is 3. The average molecular weight is 233 g/mol. The first-order chi connectivity index (χ1) is 8.20. The van der Waals surface area contributed by atoms with Crippen LogP contribution in [0.2, 0.25) is 0 Å². The van der Waals surface area contributed by atoms with Gasteiger partial charge in [0, 0.05) is 0 Å². The lowest BCUT2D eigenvalue weighted by Gasteiger charge is -2.29. The summed E-state index contributed by atoms with van der Waals surface area (Å²) in [5.74, 6) is -0.862. The summed E-state index contributed by atoms with van der Waals surface area (Å²) < 4.78 is 0. The number of hydrogen-bond donors (Lipinski definition) is 2. The van der Waals surface area contributed by atoms with Crippen LogP contribution in [0, 0.1) is 12.8 Å². The minimum Gasteiger partial charge on any atom is -0.481 e. The smallest absolute Gasteiger partial charge is 0.311 e. The van der Waals surface area contributed by atoms with Gasteiger partial charge in [0.1, 0.15) is 0 Å². The van der Waals surface area contributed by atoms with Gasteiger partial charge in [0.05, 0.1) is 5.92 Å². The number of nitrogens with one attached hydrogen (secondary N) is 1. The second-order valence-corrected chi connectivity index (χ2v) is 4.78. The largest absolute Gasteiger partial charge is 0.481 e. The molecule has 1 aromatic rings. The fourth-order valence-corrected chi connectivity index (χ4v) is 2.69. The Morgan fingerprint density at radius 1 is 1.47 bits per heavy atom. The highest BCUT2D eigenvalue weighted by Gasteiger charge is 2.31. The van der Waals surface area contributed by atoms with Crippen molar-refractivity contribution in [2.45, 2.75) is 25.7 Å². The molecule has 17 heavy (non-hydrogen) atoms. The maximum atomic E-state index is 11.5. The molecule has 0 spiro atoms. The van der Waals surface area contributed by atoms with E-state index >= 15 is 0 Å². The van der Waals surface area contributed by atoms with Crippen LogP contribution in [0.15, 0.2) is 24.3 Å². The summed E-state index contributed by atoms with van der Waals surface area (Å²) in [5.41, 5.74) is 2.04. The number of benzene rings is 1. The maximum Gasteiger partial charge on any atom is 0.311 e. The van der Waals surface area contributed by atoms with Crippen molar-refractivity contribution in [2.75, 3.05) is 13.1 Å². The van der Waals surface area contributed by atoms with Crippen LogP contribution in [0.5, 0.6) is 0 Å². The topological polar surface area (TPSA) is 49.3 Å². The summed E-state index contributed by atoms with van der Waals surface area (Å²) >= 11 is 0. The van der Waals surface area contributed by atoms with Crippen LogP contribution in [0.1, 0.15) is 29.9 Å². The molecule has 0 aromatic heterocycles. The van der Waals surface area contributed by atoms with Crippen LogP contribution in [-0.4, -0.2) is 24.2 Å². The zero-order chi connectivity index (χ0) is 12.3. The first-order valence-electron chi connectivity index (χ1n) is 6.19. The summed E-state index contributed by atoms with van der Waals surface area (Å²) in [4.78, 5) is 11.5. The second kappa shape index (κ2) is 5.32. The molecule has 0 aliphatic carbocycles. The lowest BCUT2D eigenvalue weighted by atomic mass is 9.80.